The molecule has 0 saturated heterocycles. The van der Waals surface area contributed by atoms with Crippen molar-refractivity contribution in [3.63, 3.8) is 0 Å². The van der Waals surface area contributed by atoms with Crippen LogP contribution in [0.1, 0.15) is 6.92 Å². The van der Waals surface area contributed by atoms with Crippen LogP contribution >= 0.6 is 23.4 Å². The van der Waals surface area contributed by atoms with Crippen LogP contribution in [-0.4, -0.2) is 44.5 Å². The summed E-state index contributed by atoms with van der Waals surface area (Å²) in [5, 5.41) is 12.3. The molecule has 120 valence electrons. The van der Waals surface area contributed by atoms with Crippen molar-refractivity contribution in [2.45, 2.75) is 23.8 Å². The molecule has 0 bridgehead atoms. The minimum atomic E-state index is -3.62. The molecule has 1 amide bonds. The van der Waals surface area contributed by atoms with Crippen molar-refractivity contribution in [1.82, 2.24) is 5.01 Å². The predicted molar refractivity (Wildman–Crippen MR) is 83.1 cm³/mol. The van der Waals surface area contributed by atoms with Gasteiger partial charge in [0, 0.05) is 12.2 Å². The van der Waals surface area contributed by atoms with Crippen LogP contribution in [0.4, 0.5) is 14.5 Å². The van der Waals surface area contributed by atoms with Gasteiger partial charge in [-0.1, -0.05) is 30.0 Å². The van der Waals surface area contributed by atoms with E-state index in [1.165, 1.54) is 5.01 Å². The monoisotopic (exact) mass is 349 g/mol. The minimum Gasteiger partial charge on any atom is -0.380 e. The third-order valence-electron chi connectivity index (χ3n) is 2.89. The molecule has 0 saturated carbocycles. The van der Waals surface area contributed by atoms with Gasteiger partial charge in [0.05, 0.1) is 0 Å². The summed E-state index contributed by atoms with van der Waals surface area (Å²) in [6.45, 7) is 1.93. The Morgan fingerprint density at radius 2 is 2.18 bits per heavy atom. The smallest absolute Gasteiger partial charge is 0.372 e. The van der Waals surface area contributed by atoms with E-state index in [-0.39, 0.29) is 6.54 Å². The molecular weight excluding hydrogens is 336 g/mol. The van der Waals surface area contributed by atoms with Crippen molar-refractivity contribution in [3.05, 3.63) is 30.3 Å². The number of hydrogen-bond donors (Lipinski definition) is 2. The summed E-state index contributed by atoms with van der Waals surface area (Å²) in [5.74, 6) is -0.698. The summed E-state index contributed by atoms with van der Waals surface area (Å²) in [7, 11) is 0. The number of nitrogens with zero attached hydrogens (tertiary/aromatic N) is 2. The highest BCUT2D eigenvalue weighted by Gasteiger charge is 2.45. The number of para-hydroxylation sites is 1. The fraction of sp³-hybridized carbons (Fsp3) is 0.385. The van der Waals surface area contributed by atoms with Crippen LogP contribution in [0.25, 0.3) is 0 Å². The molecule has 0 aliphatic carbocycles. The zero-order valence-electron chi connectivity index (χ0n) is 11.5. The summed E-state index contributed by atoms with van der Waals surface area (Å²) < 4.78 is 26.3. The molecule has 2 N–H and O–H groups in total. The lowest BCUT2D eigenvalue weighted by Gasteiger charge is -2.24. The number of likely N-dealkylation sites (N-methyl/N-ethyl adjacent to an activating group) is 1. The van der Waals surface area contributed by atoms with Gasteiger partial charge in [0.15, 0.2) is 11.1 Å². The maximum Gasteiger partial charge on any atom is 0.372 e. The van der Waals surface area contributed by atoms with Gasteiger partial charge in [0.2, 0.25) is 0 Å². The maximum atomic E-state index is 13.1. The van der Waals surface area contributed by atoms with Crippen molar-refractivity contribution in [1.29, 1.82) is 0 Å². The molecular formula is C13H14ClF2N3O2S. The quantitative estimate of drug-likeness (QED) is 0.802. The zero-order chi connectivity index (χ0) is 16.3. The number of thioether (sulfide) groups is 1. The van der Waals surface area contributed by atoms with Gasteiger partial charge in [-0.2, -0.15) is 13.9 Å². The van der Waals surface area contributed by atoms with Crippen LogP contribution in [0.5, 0.6) is 0 Å². The van der Waals surface area contributed by atoms with Gasteiger partial charge in [-0.05, 0) is 30.7 Å². The molecule has 2 rings (SSSR count). The lowest BCUT2D eigenvalue weighted by Crippen LogP contribution is -2.43. The normalized spacial score (nSPS) is 19.8. The Morgan fingerprint density at radius 1 is 1.55 bits per heavy atom. The lowest BCUT2D eigenvalue weighted by atomic mass is 10.2. The van der Waals surface area contributed by atoms with Crippen molar-refractivity contribution in [3.8, 4) is 0 Å². The molecule has 5 nitrogen and oxygen atoms in total. The third kappa shape index (κ3) is 3.88. The van der Waals surface area contributed by atoms with E-state index < -0.39 is 27.8 Å². The van der Waals surface area contributed by atoms with Gasteiger partial charge in [-0.3, -0.25) is 9.80 Å². The van der Waals surface area contributed by atoms with E-state index in [1.54, 1.807) is 37.3 Å². The molecule has 0 aromatic heterocycles. The topological polar surface area (TPSA) is 64.9 Å². The van der Waals surface area contributed by atoms with Crippen LogP contribution in [-0.2, 0) is 4.79 Å². The first-order valence-electron chi connectivity index (χ1n) is 6.46. The summed E-state index contributed by atoms with van der Waals surface area (Å²) in [5.41, 5.74) is 0.501. The van der Waals surface area contributed by atoms with Crippen molar-refractivity contribution >= 4 is 40.0 Å². The first-order chi connectivity index (χ1) is 10.3. The largest absolute Gasteiger partial charge is 0.380 e. The Hall–Kier alpha value is -1.38. The van der Waals surface area contributed by atoms with Crippen molar-refractivity contribution in [2.24, 2.45) is 5.10 Å². The third-order valence-corrected chi connectivity index (χ3v) is 4.49. The van der Waals surface area contributed by atoms with Gasteiger partial charge in [-0.25, -0.2) is 0 Å². The number of carbonyl (C=O) groups excluding carboxylic acids is 1. The predicted octanol–water partition coefficient (Wildman–Crippen LogP) is 2.53. The fourth-order valence-corrected chi connectivity index (χ4v) is 3.10. The van der Waals surface area contributed by atoms with E-state index in [9.17, 15) is 18.7 Å². The van der Waals surface area contributed by atoms with Crippen LogP contribution in [0.3, 0.4) is 0 Å². The average molecular weight is 350 g/mol. The Labute approximate surface area is 135 Å². The van der Waals surface area contributed by atoms with E-state index >= 15 is 0 Å². The molecule has 22 heavy (non-hydrogen) atoms. The van der Waals surface area contributed by atoms with E-state index in [2.05, 4.69) is 10.4 Å². The molecule has 0 radical (unpaired) electrons. The van der Waals surface area contributed by atoms with Crippen molar-refractivity contribution < 1.29 is 18.7 Å². The molecule has 0 fully saturated rings. The Morgan fingerprint density at radius 3 is 2.73 bits per heavy atom. The maximum absolute atomic E-state index is 13.1. The SMILES string of the molecule is CCN1N=C(C(F)(F)Cl)SC1C(O)C(=O)Nc1ccccc1. The first-order valence-corrected chi connectivity index (χ1v) is 7.71. The number of carbonyl (C=O) groups is 1. The number of aliphatic hydroxyl groups excluding tert-OH is 1. The number of rotatable bonds is 5. The first kappa shape index (κ1) is 17.0. The van der Waals surface area contributed by atoms with Gasteiger partial charge in [0.25, 0.3) is 5.91 Å². The number of nitrogens with one attached hydrogen (secondary N) is 1. The summed E-state index contributed by atoms with van der Waals surface area (Å²) in [6, 6.07) is 8.53. The molecule has 1 aliphatic heterocycles. The number of halogens is 3. The van der Waals surface area contributed by atoms with Gasteiger partial charge in [-0.15, -0.1) is 0 Å². The molecule has 2 unspecified atom stereocenters. The number of alkyl halides is 3. The second-order valence-corrected chi connectivity index (χ2v) is 6.05. The fourth-order valence-electron chi connectivity index (χ4n) is 1.84. The lowest BCUT2D eigenvalue weighted by molar-refractivity contribution is -0.125. The summed E-state index contributed by atoms with van der Waals surface area (Å²) >= 11 is 5.53. The highest BCUT2D eigenvalue weighted by atomic mass is 35.5. The standard InChI is InChI=1S/C13H14ClF2N3O2S/c1-2-19-11(22-12(18-19)13(14,15)16)9(20)10(21)17-8-6-4-3-5-7-8/h3-7,9,11,20H,2H2,1H3,(H,17,21). The van der Waals surface area contributed by atoms with E-state index in [0.717, 1.165) is 0 Å². The van der Waals surface area contributed by atoms with E-state index in [0.29, 0.717) is 17.4 Å². The number of aliphatic hydroxyl groups is 1. The second kappa shape index (κ2) is 6.80. The number of hydrazone groups is 1. The molecule has 1 heterocycles. The van der Waals surface area contributed by atoms with Gasteiger partial charge in [0.1, 0.15) is 5.37 Å². The highest BCUT2D eigenvalue weighted by molar-refractivity contribution is 8.15. The van der Waals surface area contributed by atoms with Crippen LogP contribution in [0.15, 0.2) is 35.4 Å². The molecule has 1 aliphatic rings. The molecule has 1 aromatic rings. The van der Waals surface area contributed by atoms with Gasteiger partial charge < -0.3 is 10.4 Å². The number of anilines is 1. The molecule has 1 aromatic carbocycles. The Balaban J connectivity index is 2.06. The van der Waals surface area contributed by atoms with E-state index in [4.69, 9.17) is 11.6 Å². The Kier molecular flexibility index (Phi) is 5.25. The Bertz CT molecular complexity index is 568. The van der Waals surface area contributed by atoms with Crippen molar-refractivity contribution in [2.75, 3.05) is 11.9 Å². The summed E-state index contributed by atoms with van der Waals surface area (Å²) in [6.07, 6.45) is -1.54. The van der Waals surface area contributed by atoms with Gasteiger partial charge >= 0.3 is 5.38 Å². The zero-order valence-corrected chi connectivity index (χ0v) is 13.1. The minimum absolute atomic E-state index is 0.254. The number of benzene rings is 1. The second-order valence-electron chi connectivity index (χ2n) is 4.47. The van der Waals surface area contributed by atoms with Crippen LogP contribution in [0, 0.1) is 0 Å². The van der Waals surface area contributed by atoms with Crippen LogP contribution in [0.2, 0.25) is 0 Å². The summed E-state index contributed by atoms with van der Waals surface area (Å²) in [4.78, 5) is 12.0. The van der Waals surface area contributed by atoms with E-state index in [1.807, 2.05) is 0 Å². The molecule has 9 heteroatoms. The molecule has 2 atom stereocenters. The number of amides is 1. The van der Waals surface area contributed by atoms with Crippen LogP contribution < -0.4 is 5.32 Å². The molecule has 0 spiro atoms. The average Bonchev–Trinajstić information content (AvgIpc) is 2.91. The highest BCUT2D eigenvalue weighted by Crippen LogP contribution is 2.37. The number of hydrogen-bond acceptors (Lipinski definition) is 5.